The monoisotopic (exact) mass is 292 g/mol. The molecule has 0 radical (unpaired) electrons. The summed E-state index contributed by atoms with van der Waals surface area (Å²) >= 11 is 0. The fourth-order valence-electron chi connectivity index (χ4n) is 1.98. The van der Waals surface area contributed by atoms with E-state index in [0.717, 1.165) is 11.1 Å². The Kier molecular flexibility index (Phi) is 5.15. The Labute approximate surface area is 126 Å². The predicted molar refractivity (Wildman–Crippen MR) is 82.9 cm³/mol. The smallest absolute Gasteiger partial charge is 0.141 e. The molecule has 2 rings (SSSR count). The van der Waals surface area contributed by atoms with Crippen LogP contribution in [-0.4, -0.2) is 5.78 Å². The Bertz CT molecular complexity index is 688. The van der Waals surface area contributed by atoms with Gasteiger partial charge in [-0.1, -0.05) is 58.8 Å². The van der Waals surface area contributed by atoms with Gasteiger partial charge in [0, 0.05) is 34.0 Å². The maximum Gasteiger partial charge on any atom is 0.141 e. The molecule has 0 heterocycles. The van der Waals surface area contributed by atoms with Gasteiger partial charge in [0.2, 0.25) is 0 Å². The lowest BCUT2D eigenvalue weighted by atomic mass is 10.0. The van der Waals surface area contributed by atoms with Gasteiger partial charge in [0.25, 0.3) is 0 Å². The maximum atomic E-state index is 12.0. The standard InChI is InChI=1S/C15H12N6O/c16-20-18-13-5-1-11(2-6-13)9-15(22)10-12-3-7-14(8-4-12)19-21-17/h1-8H,9-10H2. The molecule has 0 fully saturated rings. The maximum absolute atomic E-state index is 12.0. The predicted octanol–water partition coefficient (Wildman–Crippen LogP) is 4.92. The molecule has 22 heavy (non-hydrogen) atoms. The van der Waals surface area contributed by atoms with Gasteiger partial charge in [0.05, 0.1) is 0 Å². The molecule has 2 aromatic carbocycles. The zero-order chi connectivity index (χ0) is 15.8. The van der Waals surface area contributed by atoms with Gasteiger partial charge < -0.3 is 0 Å². The van der Waals surface area contributed by atoms with Gasteiger partial charge in [0.1, 0.15) is 5.78 Å². The number of hydrogen-bond donors (Lipinski definition) is 0. The first kappa shape index (κ1) is 15.1. The molecule has 0 N–H and O–H groups in total. The van der Waals surface area contributed by atoms with Crippen molar-refractivity contribution in [2.24, 2.45) is 10.2 Å². The van der Waals surface area contributed by atoms with E-state index in [-0.39, 0.29) is 5.78 Å². The van der Waals surface area contributed by atoms with E-state index in [0.29, 0.717) is 24.2 Å². The van der Waals surface area contributed by atoms with E-state index in [1.807, 2.05) is 0 Å². The number of benzene rings is 2. The highest BCUT2D eigenvalue weighted by atomic mass is 16.1. The third kappa shape index (κ3) is 4.38. The van der Waals surface area contributed by atoms with Gasteiger partial charge in [-0.3, -0.25) is 4.79 Å². The summed E-state index contributed by atoms with van der Waals surface area (Å²) in [6.07, 6.45) is 0.628. The summed E-state index contributed by atoms with van der Waals surface area (Å²) in [5.41, 5.74) is 19.4. The van der Waals surface area contributed by atoms with Crippen molar-refractivity contribution in [1.29, 1.82) is 0 Å². The minimum absolute atomic E-state index is 0.0769. The Balaban J connectivity index is 1.97. The topological polar surface area (TPSA) is 115 Å². The minimum atomic E-state index is 0.0769. The first-order chi connectivity index (χ1) is 10.7. The van der Waals surface area contributed by atoms with Crippen LogP contribution >= 0.6 is 0 Å². The molecule has 0 aliphatic carbocycles. The van der Waals surface area contributed by atoms with E-state index >= 15 is 0 Å². The van der Waals surface area contributed by atoms with Crippen LogP contribution in [0.2, 0.25) is 0 Å². The van der Waals surface area contributed by atoms with Crippen LogP contribution in [0.5, 0.6) is 0 Å². The van der Waals surface area contributed by atoms with E-state index in [4.69, 9.17) is 11.1 Å². The van der Waals surface area contributed by atoms with Crippen molar-refractivity contribution in [2.45, 2.75) is 12.8 Å². The molecule has 108 valence electrons. The molecular formula is C15H12N6O. The van der Waals surface area contributed by atoms with Crippen LogP contribution in [0.3, 0.4) is 0 Å². The number of Topliss-reactive ketones (excluding diaryl/α,β-unsaturated/α-hetero) is 1. The highest BCUT2D eigenvalue weighted by molar-refractivity contribution is 5.83. The molecule has 0 aromatic heterocycles. The Morgan fingerprint density at radius 3 is 1.45 bits per heavy atom. The second-order valence-corrected chi connectivity index (χ2v) is 4.60. The Hall–Kier alpha value is -3.27. The highest BCUT2D eigenvalue weighted by Gasteiger charge is 2.05. The van der Waals surface area contributed by atoms with Crippen molar-refractivity contribution >= 4 is 17.2 Å². The molecule has 0 unspecified atom stereocenters. The summed E-state index contributed by atoms with van der Waals surface area (Å²) in [6, 6.07) is 13.8. The average molecular weight is 292 g/mol. The molecule has 0 aliphatic heterocycles. The molecule has 0 atom stereocenters. The summed E-state index contributed by atoms with van der Waals surface area (Å²) in [4.78, 5) is 17.4. The van der Waals surface area contributed by atoms with Gasteiger partial charge >= 0.3 is 0 Å². The zero-order valence-electron chi connectivity index (χ0n) is 11.6. The second kappa shape index (κ2) is 7.50. The number of ketones is 1. The molecular weight excluding hydrogens is 280 g/mol. The van der Waals surface area contributed by atoms with Crippen LogP contribution in [0.4, 0.5) is 11.4 Å². The molecule has 7 nitrogen and oxygen atoms in total. The number of nitrogens with zero attached hydrogens (tertiary/aromatic N) is 6. The van der Waals surface area contributed by atoms with E-state index in [9.17, 15) is 4.79 Å². The van der Waals surface area contributed by atoms with Crippen molar-refractivity contribution < 1.29 is 4.79 Å². The minimum Gasteiger partial charge on any atom is -0.299 e. The fraction of sp³-hybridized carbons (Fsp3) is 0.133. The van der Waals surface area contributed by atoms with Crippen molar-refractivity contribution in [3.8, 4) is 0 Å². The van der Waals surface area contributed by atoms with Crippen LogP contribution < -0.4 is 0 Å². The number of rotatable bonds is 6. The number of hydrogen-bond acceptors (Lipinski definition) is 3. The lowest BCUT2D eigenvalue weighted by Gasteiger charge is -2.03. The van der Waals surface area contributed by atoms with E-state index in [1.54, 1.807) is 48.5 Å². The molecule has 0 aliphatic rings. The van der Waals surface area contributed by atoms with Gasteiger partial charge in [-0.05, 0) is 22.2 Å². The van der Waals surface area contributed by atoms with Crippen LogP contribution in [0.25, 0.3) is 20.9 Å². The lowest BCUT2D eigenvalue weighted by molar-refractivity contribution is -0.117. The quantitative estimate of drug-likeness (QED) is 0.419. The second-order valence-electron chi connectivity index (χ2n) is 4.60. The molecule has 7 heteroatoms. The van der Waals surface area contributed by atoms with E-state index in [1.165, 1.54) is 0 Å². The van der Waals surface area contributed by atoms with Gasteiger partial charge in [-0.2, -0.15) is 0 Å². The summed E-state index contributed by atoms with van der Waals surface area (Å²) < 4.78 is 0. The van der Waals surface area contributed by atoms with Crippen molar-refractivity contribution in [1.82, 2.24) is 0 Å². The number of carbonyl (C=O) groups excluding carboxylic acids is 1. The normalized spacial score (nSPS) is 9.45. The Morgan fingerprint density at radius 1 is 0.773 bits per heavy atom. The number of carbonyl (C=O) groups is 1. The highest BCUT2D eigenvalue weighted by Crippen LogP contribution is 2.16. The van der Waals surface area contributed by atoms with Crippen LogP contribution in [-0.2, 0) is 17.6 Å². The molecule has 0 amide bonds. The molecule has 0 bridgehead atoms. The van der Waals surface area contributed by atoms with E-state index < -0.39 is 0 Å². The summed E-state index contributed by atoms with van der Waals surface area (Å²) in [6.45, 7) is 0. The third-order valence-corrected chi connectivity index (χ3v) is 3.00. The molecule has 0 saturated heterocycles. The van der Waals surface area contributed by atoms with Crippen LogP contribution in [0.15, 0.2) is 58.8 Å². The largest absolute Gasteiger partial charge is 0.299 e. The van der Waals surface area contributed by atoms with Crippen LogP contribution in [0.1, 0.15) is 11.1 Å². The van der Waals surface area contributed by atoms with E-state index in [2.05, 4.69) is 20.1 Å². The first-order valence-electron chi connectivity index (χ1n) is 6.51. The van der Waals surface area contributed by atoms with Crippen molar-refractivity contribution in [3.05, 3.63) is 80.5 Å². The van der Waals surface area contributed by atoms with Crippen LogP contribution in [0, 0.1) is 0 Å². The van der Waals surface area contributed by atoms with Crippen molar-refractivity contribution in [3.63, 3.8) is 0 Å². The molecule has 0 saturated carbocycles. The first-order valence-corrected chi connectivity index (χ1v) is 6.51. The average Bonchev–Trinajstić information content (AvgIpc) is 2.52. The lowest BCUT2D eigenvalue weighted by Crippen LogP contribution is -2.06. The summed E-state index contributed by atoms with van der Waals surface area (Å²) in [7, 11) is 0. The molecule has 2 aromatic rings. The third-order valence-electron chi connectivity index (χ3n) is 3.00. The Morgan fingerprint density at radius 2 is 1.14 bits per heavy atom. The molecule has 0 spiro atoms. The SMILES string of the molecule is [N-]=[N+]=Nc1ccc(CC(=O)Cc2ccc(N=[N+]=[N-])cc2)cc1. The summed E-state index contributed by atoms with van der Waals surface area (Å²) in [5.74, 6) is 0.0769. The fourth-order valence-corrected chi connectivity index (χ4v) is 1.98. The van der Waals surface area contributed by atoms with Gasteiger partial charge in [-0.15, -0.1) is 0 Å². The number of azide groups is 2. The van der Waals surface area contributed by atoms with Gasteiger partial charge in [-0.25, -0.2) is 0 Å². The van der Waals surface area contributed by atoms with Crippen molar-refractivity contribution in [2.75, 3.05) is 0 Å². The van der Waals surface area contributed by atoms with Gasteiger partial charge in [0.15, 0.2) is 0 Å². The zero-order valence-corrected chi connectivity index (χ0v) is 11.6. The summed E-state index contributed by atoms with van der Waals surface area (Å²) in [5, 5.41) is 6.96.